The average Bonchev–Trinajstić information content (AvgIpc) is 2.60. The maximum absolute atomic E-state index is 13.1. The Hall–Kier alpha value is -2.89. The number of amides is 4. The fourth-order valence-corrected chi connectivity index (χ4v) is 4.03. The van der Waals surface area contributed by atoms with Crippen LogP contribution in [0.4, 0.5) is 10.5 Å². The predicted molar refractivity (Wildman–Crippen MR) is 94.3 cm³/mol. The largest absolute Gasteiger partial charge is 0.373 e. The Morgan fingerprint density at radius 1 is 1.12 bits per heavy atom. The molecule has 0 aliphatic carbocycles. The highest BCUT2D eigenvalue weighted by molar-refractivity contribution is 6.20. The summed E-state index contributed by atoms with van der Waals surface area (Å²) in [6, 6.07) is 11.4. The second kappa shape index (κ2) is 5.31. The molecule has 2 aliphatic rings. The summed E-state index contributed by atoms with van der Waals surface area (Å²) in [6.45, 7) is 2.23. The zero-order chi connectivity index (χ0) is 17.8. The first-order chi connectivity index (χ1) is 12.0. The van der Waals surface area contributed by atoms with Crippen LogP contribution in [0.25, 0.3) is 10.8 Å². The van der Waals surface area contributed by atoms with Crippen LogP contribution in [0.3, 0.4) is 0 Å². The van der Waals surface area contributed by atoms with Crippen LogP contribution in [0, 0.1) is 5.41 Å². The summed E-state index contributed by atoms with van der Waals surface area (Å²) in [4.78, 5) is 40.8. The summed E-state index contributed by atoms with van der Waals surface area (Å²) in [5.74, 6) is -0.910. The zero-order valence-electron chi connectivity index (χ0n) is 14.2. The number of nitrogens with one attached hydrogen (secondary N) is 1. The van der Waals surface area contributed by atoms with Gasteiger partial charge in [-0.25, -0.2) is 4.79 Å². The fourth-order valence-electron chi connectivity index (χ4n) is 4.03. The van der Waals surface area contributed by atoms with Gasteiger partial charge in [-0.15, -0.1) is 0 Å². The van der Waals surface area contributed by atoms with E-state index in [-0.39, 0.29) is 13.1 Å². The molecule has 0 radical (unpaired) electrons. The fraction of sp³-hybridized carbons (Fsp3) is 0.316. The minimum atomic E-state index is -1.27. The first-order valence-corrected chi connectivity index (χ1v) is 8.37. The van der Waals surface area contributed by atoms with Crippen LogP contribution >= 0.6 is 0 Å². The van der Waals surface area contributed by atoms with Crippen molar-refractivity contribution in [1.82, 2.24) is 10.2 Å². The van der Waals surface area contributed by atoms with E-state index < -0.39 is 23.3 Å². The molecule has 4 amide bonds. The molecule has 1 spiro atoms. The van der Waals surface area contributed by atoms with Crippen molar-refractivity contribution in [2.75, 3.05) is 25.0 Å². The van der Waals surface area contributed by atoms with Gasteiger partial charge in [-0.3, -0.25) is 19.8 Å². The molecule has 1 fully saturated rings. The Balaban J connectivity index is 1.90. The van der Waals surface area contributed by atoms with Gasteiger partial charge in [0.2, 0.25) is 11.8 Å². The van der Waals surface area contributed by atoms with E-state index in [1.165, 1.54) is 0 Å². The third kappa shape index (κ3) is 2.06. The highest BCUT2D eigenvalue weighted by atomic mass is 16.2. The number of nitrogens with zero attached hydrogens (tertiary/aromatic N) is 2. The summed E-state index contributed by atoms with van der Waals surface area (Å²) < 4.78 is 0. The number of urea groups is 1. The topological polar surface area (TPSA) is 69.7 Å². The molecule has 0 unspecified atom stereocenters. The van der Waals surface area contributed by atoms with Gasteiger partial charge >= 0.3 is 6.03 Å². The SMILES string of the molecule is CCN1C(=O)NC(=O)[C@]2(Cc3c(ccc4ccccc34)N(C)C2)C1=O. The third-order valence-corrected chi connectivity index (χ3v) is 5.28. The predicted octanol–water partition coefficient (Wildman–Crippen LogP) is 1.92. The molecule has 128 valence electrons. The molecule has 2 aliphatic heterocycles. The van der Waals surface area contributed by atoms with E-state index >= 15 is 0 Å². The second-order valence-corrected chi connectivity index (χ2v) is 6.71. The summed E-state index contributed by atoms with van der Waals surface area (Å²) >= 11 is 0. The van der Waals surface area contributed by atoms with Crippen molar-refractivity contribution in [2.24, 2.45) is 5.41 Å². The molecule has 2 aromatic carbocycles. The molecule has 1 saturated heterocycles. The Morgan fingerprint density at radius 2 is 1.88 bits per heavy atom. The van der Waals surface area contributed by atoms with Crippen molar-refractivity contribution in [3.63, 3.8) is 0 Å². The molecular weight excluding hydrogens is 318 g/mol. The number of barbiturate groups is 1. The van der Waals surface area contributed by atoms with Crippen molar-refractivity contribution >= 4 is 34.3 Å². The molecule has 6 heteroatoms. The first kappa shape index (κ1) is 15.6. The van der Waals surface area contributed by atoms with Crippen LogP contribution in [0.1, 0.15) is 12.5 Å². The lowest BCUT2D eigenvalue weighted by Gasteiger charge is -2.45. The van der Waals surface area contributed by atoms with Crippen LogP contribution in [-0.4, -0.2) is 42.9 Å². The number of carbonyl (C=O) groups excluding carboxylic acids is 3. The molecule has 1 atom stereocenters. The second-order valence-electron chi connectivity index (χ2n) is 6.71. The van der Waals surface area contributed by atoms with E-state index in [4.69, 9.17) is 0 Å². The van der Waals surface area contributed by atoms with Gasteiger partial charge in [-0.2, -0.15) is 0 Å². The van der Waals surface area contributed by atoms with Gasteiger partial charge in [0.25, 0.3) is 0 Å². The lowest BCUT2D eigenvalue weighted by molar-refractivity contribution is -0.150. The number of anilines is 1. The number of benzene rings is 2. The average molecular weight is 337 g/mol. The number of carbonyl (C=O) groups is 3. The van der Waals surface area contributed by atoms with Gasteiger partial charge in [0.15, 0.2) is 0 Å². The minimum Gasteiger partial charge on any atom is -0.373 e. The van der Waals surface area contributed by atoms with E-state index in [1.54, 1.807) is 6.92 Å². The Bertz CT molecular complexity index is 923. The maximum Gasteiger partial charge on any atom is 0.330 e. The molecule has 2 heterocycles. The lowest BCUT2D eigenvalue weighted by atomic mass is 9.73. The van der Waals surface area contributed by atoms with E-state index in [9.17, 15) is 14.4 Å². The molecule has 2 aromatic rings. The molecule has 0 bridgehead atoms. The van der Waals surface area contributed by atoms with E-state index in [0.29, 0.717) is 6.42 Å². The van der Waals surface area contributed by atoms with Crippen LogP contribution < -0.4 is 10.2 Å². The summed E-state index contributed by atoms with van der Waals surface area (Å²) in [5.41, 5.74) is 0.723. The normalized spacial score (nSPS) is 23.2. The monoisotopic (exact) mass is 337 g/mol. The van der Waals surface area contributed by atoms with Gasteiger partial charge in [-0.05, 0) is 29.3 Å². The lowest BCUT2D eigenvalue weighted by Crippen LogP contribution is -2.68. The van der Waals surface area contributed by atoms with Gasteiger partial charge in [-0.1, -0.05) is 30.3 Å². The highest BCUT2D eigenvalue weighted by Gasteiger charge is 2.56. The van der Waals surface area contributed by atoms with Crippen molar-refractivity contribution in [2.45, 2.75) is 13.3 Å². The Labute approximate surface area is 145 Å². The van der Waals surface area contributed by atoms with Crippen LogP contribution in [0.15, 0.2) is 36.4 Å². The van der Waals surface area contributed by atoms with Crippen LogP contribution in [0.5, 0.6) is 0 Å². The molecule has 0 saturated carbocycles. The number of hydrogen-bond acceptors (Lipinski definition) is 4. The van der Waals surface area contributed by atoms with Gasteiger partial charge in [0.1, 0.15) is 5.41 Å². The zero-order valence-corrected chi connectivity index (χ0v) is 14.2. The standard InChI is InChI=1S/C19H19N3O3/c1-3-22-17(24)19(16(23)20-18(22)25)10-14-13-7-5-4-6-12(13)8-9-15(14)21(2)11-19/h4-9H,3,10-11H2,1-2H3,(H,20,23,25)/t19-/m1/s1. The molecule has 6 nitrogen and oxygen atoms in total. The van der Waals surface area contributed by atoms with Crippen molar-refractivity contribution < 1.29 is 14.4 Å². The third-order valence-electron chi connectivity index (χ3n) is 5.28. The number of rotatable bonds is 1. The minimum absolute atomic E-state index is 0.242. The summed E-state index contributed by atoms with van der Waals surface area (Å²) in [7, 11) is 1.88. The van der Waals surface area contributed by atoms with E-state index in [0.717, 1.165) is 26.9 Å². The number of hydrogen-bond donors (Lipinski definition) is 1. The van der Waals surface area contributed by atoms with Gasteiger partial charge in [0.05, 0.1) is 0 Å². The van der Waals surface area contributed by atoms with E-state index in [1.807, 2.05) is 48.3 Å². The van der Waals surface area contributed by atoms with Crippen molar-refractivity contribution in [3.05, 3.63) is 42.0 Å². The quantitative estimate of drug-likeness (QED) is 0.807. The van der Waals surface area contributed by atoms with Gasteiger partial charge < -0.3 is 4.90 Å². The van der Waals surface area contributed by atoms with Crippen molar-refractivity contribution in [3.8, 4) is 0 Å². The maximum atomic E-state index is 13.1. The van der Waals surface area contributed by atoms with Crippen LogP contribution in [-0.2, 0) is 16.0 Å². The van der Waals surface area contributed by atoms with Gasteiger partial charge in [0, 0.05) is 32.2 Å². The van der Waals surface area contributed by atoms with E-state index in [2.05, 4.69) is 5.32 Å². The summed E-state index contributed by atoms with van der Waals surface area (Å²) in [5, 5.41) is 4.47. The Kier molecular flexibility index (Phi) is 3.32. The van der Waals surface area contributed by atoms with Crippen LogP contribution in [0.2, 0.25) is 0 Å². The number of fused-ring (bicyclic) bond motifs is 3. The molecule has 25 heavy (non-hydrogen) atoms. The smallest absolute Gasteiger partial charge is 0.330 e. The Morgan fingerprint density at radius 3 is 2.64 bits per heavy atom. The molecular formula is C19H19N3O3. The highest BCUT2D eigenvalue weighted by Crippen LogP contribution is 2.42. The first-order valence-electron chi connectivity index (χ1n) is 8.37. The summed E-state index contributed by atoms with van der Waals surface area (Å²) in [6.07, 6.45) is 0.294. The number of imide groups is 2. The van der Waals surface area contributed by atoms with Crippen molar-refractivity contribution in [1.29, 1.82) is 0 Å². The molecule has 0 aromatic heterocycles. The molecule has 4 rings (SSSR count). The molecule has 1 N–H and O–H groups in total.